The van der Waals surface area contributed by atoms with Crippen molar-refractivity contribution in [1.29, 1.82) is 0 Å². The molecule has 1 saturated heterocycles. The standard InChI is InChI=1S/C20H25F3N2O2/c1-4-19(27)25-11-14(12-25)9-18(26)24-17(8-13(2)3)15-6-5-7-16(10-15)20(21,22)23/h4-7,10,13-14,17H,1,8-9,11-12H2,2-3H3,(H,24,26). The number of carbonyl (C=O) groups is 2. The van der Waals surface area contributed by atoms with Crippen LogP contribution in [0.4, 0.5) is 13.2 Å². The van der Waals surface area contributed by atoms with Gasteiger partial charge in [0.05, 0.1) is 11.6 Å². The van der Waals surface area contributed by atoms with Gasteiger partial charge in [-0.05, 0) is 36.1 Å². The van der Waals surface area contributed by atoms with E-state index >= 15 is 0 Å². The molecular weight excluding hydrogens is 357 g/mol. The van der Waals surface area contributed by atoms with Crippen LogP contribution in [-0.4, -0.2) is 29.8 Å². The summed E-state index contributed by atoms with van der Waals surface area (Å²) in [5.41, 5.74) is -0.274. The Morgan fingerprint density at radius 2 is 2.00 bits per heavy atom. The van der Waals surface area contributed by atoms with Crippen LogP contribution in [0.15, 0.2) is 36.9 Å². The third-order valence-corrected chi connectivity index (χ3v) is 4.58. The van der Waals surface area contributed by atoms with E-state index in [-0.39, 0.29) is 30.1 Å². The van der Waals surface area contributed by atoms with Crippen LogP contribution in [0.5, 0.6) is 0 Å². The second-order valence-corrected chi connectivity index (χ2v) is 7.39. The number of nitrogens with zero attached hydrogens (tertiary/aromatic N) is 1. The topological polar surface area (TPSA) is 49.4 Å². The maximum absolute atomic E-state index is 13.0. The maximum Gasteiger partial charge on any atom is 0.416 e. The van der Waals surface area contributed by atoms with Crippen LogP contribution in [0.2, 0.25) is 0 Å². The van der Waals surface area contributed by atoms with Crippen LogP contribution in [0.25, 0.3) is 0 Å². The van der Waals surface area contributed by atoms with Crippen LogP contribution in [0.3, 0.4) is 0 Å². The van der Waals surface area contributed by atoms with E-state index in [9.17, 15) is 22.8 Å². The van der Waals surface area contributed by atoms with Crippen molar-refractivity contribution < 1.29 is 22.8 Å². The van der Waals surface area contributed by atoms with Gasteiger partial charge in [-0.3, -0.25) is 9.59 Å². The van der Waals surface area contributed by atoms with E-state index in [0.717, 1.165) is 12.1 Å². The molecule has 1 heterocycles. The molecule has 0 radical (unpaired) electrons. The molecule has 2 rings (SSSR count). The summed E-state index contributed by atoms with van der Waals surface area (Å²) >= 11 is 0. The predicted octanol–water partition coefficient (Wildman–Crippen LogP) is 3.94. The highest BCUT2D eigenvalue weighted by molar-refractivity contribution is 5.87. The van der Waals surface area contributed by atoms with Gasteiger partial charge in [0, 0.05) is 25.4 Å². The van der Waals surface area contributed by atoms with Gasteiger partial charge >= 0.3 is 6.18 Å². The number of halogens is 3. The first kappa shape index (κ1) is 21.0. The summed E-state index contributed by atoms with van der Waals surface area (Å²) < 4.78 is 39.0. The number of amides is 2. The fraction of sp³-hybridized carbons (Fsp3) is 0.500. The lowest BCUT2D eigenvalue weighted by Gasteiger charge is -2.38. The Morgan fingerprint density at radius 3 is 2.56 bits per heavy atom. The predicted molar refractivity (Wildman–Crippen MR) is 96.7 cm³/mol. The van der Waals surface area contributed by atoms with Crippen LogP contribution >= 0.6 is 0 Å². The molecule has 4 nitrogen and oxygen atoms in total. The fourth-order valence-electron chi connectivity index (χ4n) is 3.20. The molecule has 0 aromatic heterocycles. The Hall–Kier alpha value is -2.31. The van der Waals surface area contributed by atoms with E-state index in [2.05, 4.69) is 11.9 Å². The second kappa shape index (κ2) is 8.59. The molecule has 0 saturated carbocycles. The molecule has 2 amide bonds. The number of alkyl halides is 3. The molecule has 1 N–H and O–H groups in total. The average Bonchev–Trinajstić information content (AvgIpc) is 2.55. The van der Waals surface area contributed by atoms with Gasteiger partial charge in [-0.2, -0.15) is 13.2 Å². The molecule has 1 atom stereocenters. The van der Waals surface area contributed by atoms with E-state index in [1.54, 1.807) is 11.0 Å². The zero-order chi connectivity index (χ0) is 20.2. The fourth-order valence-corrected chi connectivity index (χ4v) is 3.20. The van der Waals surface area contributed by atoms with Gasteiger partial charge < -0.3 is 10.2 Å². The Balaban J connectivity index is 2.02. The highest BCUT2D eigenvalue weighted by atomic mass is 19.4. The van der Waals surface area contributed by atoms with Gasteiger partial charge in [0.1, 0.15) is 0 Å². The molecule has 7 heteroatoms. The van der Waals surface area contributed by atoms with Gasteiger partial charge in [-0.25, -0.2) is 0 Å². The lowest BCUT2D eigenvalue weighted by atomic mass is 9.93. The number of benzene rings is 1. The van der Waals surface area contributed by atoms with E-state index in [0.29, 0.717) is 25.1 Å². The van der Waals surface area contributed by atoms with E-state index in [1.807, 2.05) is 13.8 Å². The van der Waals surface area contributed by atoms with Crippen molar-refractivity contribution in [3.05, 3.63) is 48.0 Å². The number of likely N-dealkylation sites (tertiary alicyclic amines) is 1. The van der Waals surface area contributed by atoms with Gasteiger partial charge in [0.15, 0.2) is 0 Å². The van der Waals surface area contributed by atoms with Crippen molar-refractivity contribution in [2.75, 3.05) is 13.1 Å². The summed E-state index contributed by atoms with van der Waals surface area (Å²) in [7, 11) is 0. The molecule has 0 aliphatic carbocycles. The van der Waals surface area contributed by atoms with Crippen LogP contribution in [-0.2, 0) is 15.8 Å². The lowest BCUT2D eigenvalue weighted by molar-refractivity contribution is -0.137. The number of rotatable bonds is 7. The summed E-state index contributed by atoms with van der Waals surface area (Å²) in [6.45, 7) is 8.33. The Kier molecular flexibility index (Phi) is 6.68. The summed E-state index contributed by atoms with van der Waals surface area (Å²) in [6, 6.07) is 4.61. The molecule has 0 spiro atoms. The Bertz CT molecular complexity index is 695. The lowest BCUT2D eigenvalue weighted by Crippen LogP contribution is -2.50. The quantitative estimate of drug-likeness (QED) is 0.726. The number of carbonyl (C=O) groups excluding carboxylic acids is 2. The first-order valence-corrected chi connectivity index (χ1v) is 8.98. The second-order valence-electron chi connectivity index (χ2n) is 7.39. The van der Waals surface area contributed by atoms with Crippen LogP contribution in [0, 0.1) is 11.8 Å². The summed E-state index contributed by atoms with van der Waals surface area (Å²) in [5, 5.41) is 2.87. The molecule has 1 unspecified atom stereocenters. The minimum atomic E-state index is -4.42. The highest BCUT2D eigenvalue weighted by Gasteiger charge is 2.33. The molecule has 148 valence electrons. The monoisotopic (exact) mass is 382 g/mol. The molecule has 27 heavy (non-hydrogen) atoms. The SMILES string of the molecule is C=CC(=O)N1CC(CC(=O)NC(CC(C)C)c2cccc(C(F)(F)F)c2)C1. The number of hydrogen-bond acceptors (Lipinski definition) is 2. The summed E-state index contributed by atoms with van der Waals surface area (Å²) in [5.74, 6) is -0.105. The van der Waals surface area contributed by atoms with Crippen molar-refractivity contribution in [2.45, 2.75) is 38.9 Å². The van der Waals surface area contributed by atoms with Crippen molar-refractivity contribution in [3.8, 4) is 0 Å². The first-order valence-electron chi connectivity index (χ1n) is 8.98. The smallest absolute Gasteiger partial charge is 0.349 e. The van der Waals surface area contributed by atoms with Crippen molar-refractivity contribution >= 4 is 11.8 Å². The van der Waals surface area contributed by atoms with Gasteiger partial charge in [-0.15, -0.1) is 0 Å². The molecule has 1 aliphatic rings. The number of nitrogens with one attached hydrogen (secondary N) is 1. The van der Waals surface area contributed by atoms with E-state index in [4.69, 9.17) is 0 Å². The zero-order valence-electron chi connectivity index (χ0n) is 15.6. The molecular formula is C20H25F3N2O2. The van der Waals surface area contributed by atoms with E-state index in [1.165, 1.54) is 12.1 Å². The Labute approximate surface area is 157 Å². The Morgan fingerprint density at radius 1 is 1.33 bits per heavy atom. The first-order chi connectivity index (χ1) is 12.6. The average molecular weight is 382 g/mol. The van der Waals surface area contributed by atoms with Crippen LogP contribution < -0.4 is 5.32 Å². The normalized spacial score (nSPS) is 16.0. The third kappa shape index (κ3) is 5.84. The zero-order valence-corrected chi connectivity index (χ0v) is 15.6. The van der Waals surface area contributed by atoms with Crippen molar-refractivity contribution in [2.24, 2.45) is 11.8 Å². The third-order valence-electron chi connectivity index (χ3n) is 4.58. The minimum absolute atomic E-state index is 0.0649. The molecule has 1 aromatic carbocycles. The minimum Gasteiger partial charge on any atom is -0.349 e. The van der Waals surface area contributed by atoms with Gasteiger partial charge in [0.25, 0.3) is 0 Å². The maximum atomic E-state index is 13.0. The molecule has 1 fully saturated rings. The summed E-state index contributed by atoms with van der Waals surface area (Å²) in [6.07, 6.45) is -2.40. The molecule has 0 bridgehead atoms. The van der Waals surface area contributed by atoms with Crippen molar-refractivity contribution in [1.82, 2.24) is 10.2 Å². The number of hydrogen-bond donors (Lipinski definition) is 1. The highest BCUT2D eigenvalue weighted by Crippen LogP contribution is 2.32. The molecule has 1 aliphatic heterocycles. The van der Waals surface area contributed by atoms with Gasteiger partial charge in [-0.1, -0.05) is 32.6 Å². The van der Waals surface area contributed by atoms with Gasteiger partial charge in [0.2, 0.25) is 11.8 Å². The molecule has 1 aromatic rings. The van der Waals surface area contributed by atoms with E-state index < -0.39 is 17.8 Å². The summed E-state index contributed by atoms with van der Waals surface area (Å²) in [4.78, 5) is 25.4. The van der Waals surface area contributed by atoms with Crippen LogP contribution in [0.1, 0.15) is 43.9 Å². The van der Waals surface area contributed by atoms with Crippen molar-refractivity contribution in [3.63, 3.8) is 0 Å². The largest absolute Gasteiger partial charge is 0.416 e.